The van der Waals surface area contributed by atoms with Crippen LogP contribution in [0.25, 0.3) is 11.6 Å². The zero-order valence-corrected chi connectivity index (χ0v) is 13.2. The molecule has 1 atom stereocenters. The van der Waals surface area contributed by atoms with Crippen molar-refractivity contribution < 1.29 is 13.9 Å². The number of carbonyl (C=O) groups excluding carboxylic acids is 1. The minimum absolute atomic E-state index is 0.00735. The highest BCUT2D eigenvalue weighted by Gasteiger charge is 2.33. The Balaban J connectivity index is 1.84. The van der Waals surface area contributed by atoms with E-state index in [4.69, 9.17) is 9.15 Å². The van der Waals surface area contributed by atoms with Crippen LogP contribution >= 0.6 is 0 Å². The number of hydrogen-bond donors (Lipinski definition) is 0. The summed E-state index contributed by atoms with van der Waals surface area (Å²) in [5.74, 6) is 2.10. The van der Waals surface area contributed by atoms with Crippen molar-refractivity contribution in [3.05, 3.63) is 24.2 Å². The Hall–Kier alpha value is -2.31. The first-order chi connectivity index (χ1) is 10.3. The summed E-state index contributed by atoms with van der Waals surface area (Å²) in [4.78, 5) is 14.0. The Morgan fingerprint density at radius 1 is 1.41 bits per heavy atom. The van der Waals surface area contributed by atoms with Crippen molar-refractivity contribution in [1.29, 1.82) is 0 Å². The minimum Gasteiger partial charge on any atom is -0.461 e. The fourth-order valence-corrected chi connectivity index (χ4v) is 2.47. The van der Waals surface area contributed by atoms with Gasteiger partial charge < -0.3 is 13.7 Å². The number of aromatic nitrogens is 3. The van der Waals surface area contributed by atoms with E-state index in [0.29, 0.717) is 24.7 Å². The maximum absolute atomic E-state index is 12.3. The molecule has 1 aliphatic heterocycles. The lowest BCUT2D eigenvalue weighted by atomic mass is 10.2. The Morgan fingerprint density at radius 2 is 2.18 bits per heavy atom. The largest absolute Gasteiger partial charge is 0.461 e. The zero-order valence-electron chi connectivity index (χ0n) is 13.2. The van der Waals surface area contributed by atoms with Gasteiger partial charge in [-0.05, 0) is 39.8 Å². The molecule has 7 heteroatoms. The van der Waals surface area contributed by atoms with Crippen LogP contribution in [-0.2, 0) is 17.8 Å². The molecule has 0 bridgehead atoms. The molecule has 3 rings (SSSR count). The van der Waals surface area contributed by atoms with Crippen molar-refractivity contribution in [3.63, 3.8) is 0 Å². The Bertz CT molecular complexity index is 670. The first-order valence-corrected chi connectivity index (χ1v) is 7.31. The van der Waals surface area contributed by atoms with Gasteiger partial charge in [0.15, 0.2) is 17.4 Å². The quantitative estimate of drug-likeness (QED) is 0.810. The van der Waals surface area contributed by atoms with Gasteiger partial charge in [0.25, 0.3) is 0 Å². The number of furan rings is 1. The number of rotatable bonds is 1. The molecule has 0 saturated heterocycles. The van der Waals surface area contributed by atoms with Crippen molar-refractivity contribution in [1.82, 2.24) is 19.7 Å². The zero-order chi connectivity index (χ0) is 15.9. The molecular formula is C15H20N4O3. The molecular weight excluding hydrogens is 284 g/mol. The van der Waals surface area contributed by atoms with E-state index >= 15 is 0 Å². The van der Waals surface area contributed by atoms with Crippen LogP contribution in [0, 0.1) is 0 Å². The van der Waals surface area contributed by atoms with E-state index in [9.17, 15) is 4.79 Å². The van der Waals surface area contributed by atoms with E-state index in [1.807, 2.05) is 44.4 Å². The average molecular weight is 304 g/mol. The van der Waals surface area contributed by atoms with Gasteiger partial charge in [0, 0.05) is 6.54 Å². The van der Waals surface area contributed by atoms with Crippen LogP contribution in [0.3, 0.4) is 0 Å². The van der Waals surface area contributed by atoms with E-state index < -0.39 is 5.60 Å². The van der Waals surface area contributed by atoms with Crippen molar-refractivity contribution in [2.45, 2.75) is 52.4 Å². The molecule has 0 N–H and O–H groups in total. The standard InChI is InChI=1S/C15H20N4O3/c1-10-8-19-12(9-18(10)14(20)22-15(2,3)4)16-17-13(19)11-6-5-7-21-11/h5-7,10H,8-9H2,1-4H3. The molecule has 2 aromatic rings. The lowest BCUT2D eigenvalue weighted by molar-refractivity contribution is 0.00941. The molecule has 0 aliphatic carbocycles. The van der Waals surface area contributed by atoms with E-state index in [0.717, 1.165) is 5.82 Å². The molecule has 0 spiro atoms. The van der Waals surface area contributed by atoms with Crippen LogP contribution in [0.4, 0.5) is 4.79 Å². The van der Waals surface area contributed by atoms with E-state index in [1.54, 1.807) is 11.2 Å². The van der Waals surface area contributed by atoms with Gasteiger partial charge in [0.05, 0.1) is 18.8 Å². The second kappa shape index (κ2) is 5.15. The lowest BCUT2D eigenvalue weighted by Gasteiger charge is -2.35. The van der Waals surface area contributed by atoms with E-state index in [1.165, 1.54) is 0 Å². The third kappa shape index (κ3) is 2.70. The third-order valence-electron chi connectivity index (χ3n) is 3.49. The van der Waals surface area contributed by atoms with Crippen molar-refractivity contribution in [2.24, 2.45) is 0 Å². The topological polar surface area (TPSA) is 73.4 Å². The fourth-order valence-electron chi connectivity index (χ4n) is 2.47. The van der Waals surface area contributed by atoms with Crippen LogP contribution in [0.5, 0.6) is 0 Å². The van der Waals surface area contributed by atoms with Gasteiger partial charge in [-0.3, -0.25) is 4.90 Å². The van der Waals surface area contributed by atoms with Crippen LogP contribution in [0.1, 0.15) is 33.5 Å². The molecule has 0 fully saturated rings. The first kappa shape index (κ1) is 14.6. The third-order valence-corrected chi connectivity index (χ3v) is 3.49. The fraction of sp³-hybridized carbons (Fsp3) is 0.533. The van der Waals surface area contributed by atoms with Gasteiger partial charge in [-0.2, -0.15) is 0 Å². The highest BCUT2D eigenvalue weighted by atomic mass is 16.6. The van der Waals surface area contributed by atoms with Gasteiger partial charge in [-0.15, -0.1) is 10.2 Å². The summed E-state index contributed by atoms with van der Waals surface area (Å²) in [6.07, 6.45) is 1.28. The number of fused-ring (bicyclic) bond motifs is 1. The summed E-state index contributed by atoms with van der Waals surface area (Å²) < 4.78 is 12.8. The summed E-state index contributed by atoms with van der Waals surface area (Å²) in [5, 5.41) is 8.36. The van der Waals surface area contributed by atoms with E-state index in [2.05, 4.69) is 10.2 Å². The number of carbonyl (C=O) groups is 1. The van der Waals surface area contributed by atoms with Crippen LogP contribution in [-0.4, -0.2) is 37.4 Å². The molecule has 1 aliphatic rings. The first-order valence-electron chi connectivity index (χ1n) is 7.31. The van der Waals surface area contributed by atoms with E-state index in [-0.39, 0.29) is 12.1 Å². The maximum atomic E-state index is 12.3. The van der Waals surface area contributed by atoms with Gasteiger partial charge in [0.2, 0.25) is 0 Å². The molecule has 3 heterocycles. The molecule has 0 saturated carbocycles. The van der Waals surface area contributed by atoms with Gasteiger partial charge in [0.1, 0.15) is 5.60 Å². The molecule has 7 nitrogen and oxygen atoms in total. The van der Waals surface area contributed by atoms with Crippen molar-refractivity contribution in [2.75, 3.05) is 0 Å². The molecule has 0 aromatic carbocycles. The second-order valence-corrected chi connectivity index (χ2v) is 6.49. The molecule has 0 radical (unpaired) electrons. The highest BCUT2D eigenvalue weighted by molar-refractivity contribution is 5.68. The van der Waals surface area contributed by atoms with Crippen LogP contribution in [0.2, 0.25) is 0 Å². The molecule has 2 aromatic heterocycles. The predicted octanol–water partition coefficient (Wildman–Crippen LogP) is 2.68. The number of nitrogens with zero attached hydrogens (tertiary/aromatic N) is 4. The van der Waals surface area contributed by atoms with Crippen molar-refractivity contribution >= 4 is 6.09 Å². The highest BCUT2D eigenvalue weighted by Crippen LogP contribution is 2.25. The Morgan fingerprint density at radius 3 is 2.82 bits per heavy atom. The summed E-state index contributed by atoms with van der Waals surface area (Å²) in [5.41, 5.74) is -0.513. The Kier molecular flexibility index (Phi) is 3.42. The number of amides is 1. The SMILES string of the molecule is CC1Cn2c(nnc2-c2ccco2)CN1C(=O)OC(C)(C)C. The average Bonchev–Trinajstić information content (AvgIpc) is 3.03. The maximum Gasteiger partial charge on any atom is 0.411 e. The van der Waals surface area contributed by atoms with Crippen LogP contribution in [0.15, 0.2) is 22.8 Å². The van der Waals surface area contributed by atoms with Crippen LogP contribution < -0.4 is 0 Å². The lowest BCUT2D eigenvalue weighted by Crippen LogP contribution is -2.47. The smallest absolute Gasteiger partial charge is 0.411 e. The predicted molar refractivity (Wildman–Crippen MR) is 79.0 cm³/mol. The summed E-state index contributed by atoms with van der Waals surface area (Å²) in [6.45, 7) is 8.55. The van der Waals surface area contributed by atoms with Gasteiger partial charge in [-0.25, -0.2) is 4.79 Å². The number of hydrogen-bond acceptors (Lipinski definition) is 5. The van der Waals surface area contributed by atoms with Gasteiger partial charge in [-0.1, -0.05) is 0 Å². The number of ether oxygens (including phenoxy) is 1. The molecule has 1 amide bonds. The summed E-state index contributed by atoms with van der Waals surface area (Å²) >= 11 is 0. The second-order valence-electron chi connectivity index (χ2n) is 6.49. The van der Waals surface area contributed by atoms with Crippen molar-refractivity contribution in [3.8, 4) is 11.6 Å². The summed E-state index contributed by atoms with van der Waals surface area (Å²) in [7, 11) is 0. The van der Waals surface area contributed by atoms with Gasteiger partial charge >= 0.3 is 6.09 Å². The Labute approximate surface area is 128 Å². The molecule has 1 unspecified atom stereocenters. The monoisotopic (exact) mass is 304 g/mol. The minimum atomic E-state index is -0.513. The normalized spacial score (nSPS) is 18.2. The molecule has 118 valence electrons. The molecule has 22 heavy (non-hydrogen) atoms. The summed E-state index contributed by atoms with van der Waals surface area (Å²) in [6, 6.07) is 3.66.